The number of hydrogen-bond acceptors (Lipinski definition) is 3. The van der Waals surface area contributed by atoms with Crippen molar-refractivity contribution < 1.29 is 19.1 Å². The van der Waals surface area contributed by atoms with E-state index in [1.54, 1.807) is 18.2 Å². The average Bonchev–Trinajstić information content (AvgIpc) is 3.30. The maximum Gasteiger partial charge on any atom is 0.371 e. The van der Waals surface area contributed by atoms with Crippen LogP contribution in [0.25, 0.3) is 11.0 Å². The lowest BCUT2D eigenvalue weighted by Crippen LogP contribution is -2.14. The number of aromatic carboxylic acids is 1. The summed E-state index contributed by atoms with van der Waals surface area (Å²) < 4.78 is 5.18. The molecule has 20 heavy (non-hydrogen) atoms. The molecule has 1 aromatic carbocycles. The number of anilines is 1. The van der Waals surface area contributed by atoms with Crippen LogP contribution < -0.4 is 5.32 Å². The van der Waals surface area contributed by atoms with E-state index in [-0.39, 0.29) is 17.6 Å². The van der Waals surface area contributed by atoms with E-state index in [0.29, 0.717) is 22.1 Å². The fourth-order valence-corrected chi connectivity index (χ4v) is 2.89. The molecule has 1 spiro atoms. The van der Waals surface area contributed by atoms with E-state index >= 15 is 0 Å². The number of carboxylic acids is 1. The fourth-order valence-electron chi connectivity index (χ4n) is 2.89. The summed E-state index contributed by atoms with van der Waals surface area (Å²) in [6.07, 6.45) is 3.36. The van der Waals surface area contributed by atoms with Crippen molar-refractivity contribution in [3.63, 3.8) is 0 Å². The molecule has 1 atom stereocenters. The molecule has 0 radical (unpaired) electrons. The van der Waals surface area contributed by atoms with Crippen LogP contribution in [0.2, 0.25) is 0 Å². The van der Waals surface area contributed by atoms with Gasteiger partial charge in [-0.3, -0.25) is 4.79 Å². The van der Waals surface area contributed by atoms with Crippen LogP contribution in [-0.2, 0) is 4.79 Å². The smallest absolute Gasteiger partial charge is 0.371 e. The first-order valence-electron chi connectivity index (χ1n) is 6.65. The summed E-state index contributed by atoms with van der Waals surface area (Å²) in [7, 11) is 0. The van der Waals surface area contributed by atoms with Crippen LogP contribution in [0, 0.1) is 11.3 Å². The lowest BCUT2D eigenvalue weighted by molar-refractivity contribution is -0.117. The predicted molar refractivity (Wildman–Crippen MR) is 71.6 cm³/mol. The molecule has 2 fully saturated rings. The molecule has 2 aliphatic carbocycles. The third-order valence-corrected chi connectivity index (χ3v) is 4.39. The number of carboxylic acid groups (broad SMARTS) is 1. The molecule has 5 nitrogen and oxygen atoms in total. The first-order valence-corrected chi connectivity index (χ1v) is 6.65. The first-order chi connectivity index (χ1) is 9.57. The lowest BCUT2D eigenvalue weighted by atomic mass is 10.2. The number of carbonyl (C=O) groups is 2. The second-order valence-corrected chi connectivity index (χ2v) is 5.78. The number of benzene rings is 1. The van der Waals surface area contributed by atoms with Crippen molar-refractivity contribution in [1.29, 1.82) is 0 Å². The minimum Gasteiger partial charge on any atom is -0.475 e. The monoisotopic (exact) mass is 271 g/mol. The summed E-state index contributed by atoms with van der Waals surface area (Å²) in [5.41, 5.74) is 1.52. The van der Waals surface area contributed by atoms with Gasteiger partial charge in [0.25, 0.3) is 0 Å². The number of rotatable bonds is 3. The Hall–Kier alpha value is -2.30. The van der Waals surface area contributed by atoms with Gasteiger partial charge in [0, 0.05) is 17.0 Å². The highest BCUT2D eigenvalue weighted by Gasteiger charge is 2.65. The van der Waals surface area contributed by atoms with Gasteiger partial charge in [-0.1, -0.05) is 0 Å². The van der Waals surface area contributed by atoms with Gasteiger partial charge in [0.2, 0.25) is 11.7 Å². The molecule has 0 bridgehead atoms. The molecule has 1 heterocycles. The molecule has 102 valence electrons. The second kappa shape index (κ2) is 3.62. The average molecular weight is 271 g/mol. The number of nitrogens with one attached hydrogen (secondary N) is 1. The van der Waals surface area contributed by atoms with Crippen molar-refractivity contribution in [2.45, 2.75) is 19.3 Å². The Balaban J connectivity index is 1.57. The number of furan rings is 1. The molecule has 1 unspecified atom stereocenters. The molecule has 2 saturated carbocycles. The minimum absolute atomic E-state index is 0.0730. The number of hydrogen-bond donors (Lipinski definition) is 2. The van der Waals surface area contributed by atoms with Crippen molar-refractivity contribution >= 4 is 28.5 Å². The zero-order chi connectivity index (χ0) is 13.9. The SMILES string of the molecule is O=C(O)c1cc2cc(NC(=O)C3CC34CC4)ccc2o1. The standard InChI is InChI=1S/C15H13NO4/c17-13(10-7-15(10)3-4-15)16-9-1-2-11-8(5-9)6-12(20-11)14(18)19/h1-2,5-6,10H,3-4,7H2,(H,16,17)(H,18,19). The molecule has 1 aromatic heterocycles. The molecule has 2 aliphatic rings. The quantitative estimate of drug-likeness (QED) is 0.899. The van der Waals surface area contributed by atoms with Crippen LogP contribution in [0.3, 0.4) is 0 Å². The van der Waals surface area contributed by atoms with Crippen molar-refractivity contribution in [3.05, 3.63) is 30.0 Å². The zero-order valence-electron chi connectivity index (χ0n) is 10.7. The van der Waals surface area contributed by atoms with Crippen LogP contribution in [-0.4, -0.2) is 17.0 Å². The lowest BCUT2D eigenvalue weighted by Gasteiger charge is -2.04. The molecule has 2 aromatic rings. The Morgan fingerprint density at radius 3 is 2.75 bits per heavy atom. The van der Waals surface area contributed by atoms with Crippen LogP contribution in [0.15, 0.2) is 28.7 Å². The van der Waals surface area contributed by atoms with E-state index in [1.807, 2.05) is 0 Å². The van der Waals surface area contributed by atoms with E-state index in [0.717, 1.165) is 6.42 Å². The van der Waals surface area contributed by atoms with Gasteiger partial charge in [-0.25, -0.2) is 4.79 Å². The van der Waals surface area contributed by atoms with Gasteiger partial charge in [-0.05, 0) is 48.9 Å². The van der Waals surface area contributed by atoms with Crippen LogP contribution in [0.5, 0.6) is 0 Å². The number of carbonyl (C=O) groups excluding carboxylic acids is 1. The zero-order valence-corrected chi connectivity index (χ0v) is 10.7. The molecule has 1 amide bonds. The molecule has 4 rings (SSSR count). The third-order valence-electron chi connectivity index (χ3n) is 4.39. The molecule has 5 heteroatoms. The predicted octanol–water partition coefficient (Wildman–Crippen LogP) is 2.87. The molecule has 0 aliphatic heterocycles. The summed E-state index contributed by atoms with van der Waals surface area (Å²) in [4.78, 5) is 22.9. The van der Waals surface area contributed by atoms with E-state index in [4.69, 9.17) is 9.52 Å². The minimum atomic E-state index is -1.10. The molecular weight excluding hydrogens is 258 g/mol. The number of fused-ring (bicyclic) bond motifs is 1. The van der Waals surface area contributed by atoms with Gasteiger partial charge in [0.15, 0.2) is 0 Å². The summed E-state index contributed by atoms with van der Waals surface area (Å²) >= 11 is 0. The molecule has 2 N–H and O–H groups in total. The Morgan fingerprint density at radius 2 is 2.10 bits per heavy atom. The summed E-state index contributed by atoms with van der Waals surface area (Å²) in [5, 5.41) is 12.5. The largest absolute Gasteiger partial charge is 0.475 e. The highest BCUT2D eigenvalue weighted by atomic mass is 16.4. The van der Waals surface area contributed by atoms with Gasteiger partial charge in [0.1, 0.15) is 5.58 Å². The summed E-state index contributed by atoms with van der Waals surface area (Å²) in [6, 6.07) is 6.62. The van der Waals surface area contributed by atoms with Gasteiger partial charge in [0.05, 0.1) is 0 Å². The van der Waals surface area contributed by atoms with Gasteiger partial charge in [-0.15, -0.1) is 0 Å². The van der Waals surface area contributed by atoms with Gasteiger partial charge in [-0.2, -0.15) is 0 Å². The summed E-state index contributed by atoms with van der Waals surface area (Å²) in [5.74, 6) is -0.955. The number of amides is 1. The van der Waals surface area contributed by atoms with Gasteiger partial charge < -0.3 is 14.8 Å². The van der Waals surface area contributed by atoms with E-state index in [1.165, 1.54) is 18.9 Å². The van der Waals surface area contributed by atoms with Crippen molar-refractivity contribution in [3.8, 4) is 0 Å². The van der Waals surface area contributed by atoms with Crippen molar-refractivity contribution in [2.24, 2.45) is 11.3 Å². The highest BCUT2D eigenvalue weighted by Crippen LogP contribution is 2.70. The van der Waals surface area contributed by atoms with E-state index in [9.17, 15) is 9.59 Å². The van der Waals surface area contributed by atoms with Crippen LogP contribution >= 0.6 is 0 Å². The van der Waals surface area contributed by atoms with E-state index in [2.05, 4.69) is 5.32 Å². The first kappa shape index (κ1) is 11.5. The Kier molecular flexibility index (Phi) is 2.09. The normalized spacial score (nSPS) is 21.9. The maximum absolute atomic E-state index is 12.1. The van der Waals surface area contributed by atoms with Crippen molar-refractivity contribution in [1.82, 2.24) is 0 Å². The van der Waals surface area contributed by atoms with E-state index < -0.39 is 5.97 Å². The topological polar surface area (TPSA) is 79.5 Å². The van der Waals surface area contributed by atoms with Crippen LogP contribution in [0.4, 0.5) is 5.69 Å². The van der Waals surface area contributed by atoms with Gasteiger partial charge >= 0.3 is 5.97 Å². The molecule has 0 saturated heterocycles. The molecular formula is C15H13NO4. The maximum atomic E-state index is 12.1. The Labute approximate surface area is 114 Å². The third kappa shape index (κ3) is 1.70. The fraction of sp³-hybridized carbons (Fsp3) is 0.333. The van der Waals surface area contributed by atoms with Crippen LogP contribution in [0.1, 0.15) is 29.8 Å². The Bertz CT molecular complexity index is 741. The summed E-state index contributed by atoms with van der Waals surface area (Å²) in [6.45, 7) is 0. The van der Waals surface area contributed by atoms with Crippen molar-refractivity contribution in [2.75, 3.05) is 5.32 Å². The Morgan fingerprint density at radius 1 is 1.30 bits per heavy atom. The second-order valence-electron chi connectivity index (χ2n) is 5.78. The highest BCUT2D eigenvalue weighted by molar-refractivity contribution is 5.98.